The maximum atomic E-state index is 13.0. The average molecular weight is 583 g/mol. The molecule has 0 atom stereocenters. The highest BCUT2D eigenvalue weighted by molar-refractivity contribution is 6.06. The first-order chi connectivity index (χ1) is 20.3. The van der Waals surface area contributed by atoms with Crippen LogP contribution in [0.2, 0.25) is 0 Å². The molecule has 5 N–H and O–H groups in total. The number of carboxylic acids is 1. The number of aryl methyl sites for hydroxylation is 2. The lowest BCUT2D eigenvalue weighted by Gasteiger charge is -2.28. The molecule has 0 aliphatic heterocycles. The fourth-order valence-corrected chi connectivity index (χ4v) is 4.63. The zero-order chi connectivity index (χ0) is 31.5. The van der Waals surface area contributed by atoms with Gasteiger partial charge in [-0.25, -0.2) is 4.79 Å². The number of carbonyl (C=O) groups is 4. The second kappa shape index (κ2) is 12.1. The number of rotatable bonds is 9. The van der Waals surface area contributed by atoms with Crippen molar-refractivity contribution < 1.29 is 39.2 Å². The number of carbonyl (C=O) groups excluding carboxylic acids is 3. The van der Waals surface area contributed by atoms with Gasteiger partial charge >= 0.3 is 5.97 Å². The molecule has 10 heteroatoms. The van der Waals surface area contributed by atoms with Gasteiger partial charge in [0.05, 0.1) is 16.9 Å². The number of aromatic hydroxyl groups is 2. The van der Waals surface area contributed by atoms with E-state index in [1.165, 1.54) is 42.5 Å². The summed E-state index contributed by atoms with van der Waals surface area (Å²) in [6.07, 6.45) is 0. The summed E-state index contributed by atoms with van der Waals surface area (Å²) >= 11 is 0. The van der Waals surface area contributed by atoms with Crippen LogP contribution in [0, 0.1) is 13.8 Å². The Balaban J connectivity index is 1.59. The Bertz CT molecular complexity index is 1760. The smallest absolute Gasteiger partial charge is 0.335 e. The lowest BCUT2D eigenvalue weighted by Crippen LogP contribution is -2.20. The summed E-state index contributed by atoms with van der Waals surface area (Å²) in [5.41, 5.74) is 2.66. The first-order valence-corrected chi connectivity index (χ1v) is 13.2. The Morgan fingerprint density at radius 3 is 1.65 bits per heavy atom. The van der Waals surface area contributed by atoms with E-state index >= 15 is 0 Å². The van der Waals surface area contributed by atoms with Gasteiger partial charge in [-0.3, -0.25) is 14.4 Å². The van der Waals surface area contributed by atoms with E-state index in [2.05, 4.69) is 10.6 Å². The van der Waals surface area contributed by atoms with Gasteiger partial charge in [0.1, 0.15) is 17.2 Å². The summed E-state index contributed by atoms with van der Waals surface area (Å²) in [5, 5.41) is 35.6. The first-order valence-electron chi connectivity index (χ1n) is 13.2. The highest BCUT2D eigenvalue weighted by atomic mass is 16.5. The average Bonchev–Trinajstić information content (AvgIpc) is 2.96. The van der Waals surface area contributed by atoms with Crippen molar-refractivity contribution in [1.29, 1.82) is 0 Å². The highest BCUT2D eigenvalue weighted by Crippen LogP contribution is 2.38. The molecule has 0 spiro atoms. The lowest BCUT2D eigenvalue weighted by molar-refractivity contribution is -0.120. The van der Waals surface area contributed by atoms with Crippen molar-refractivity contribution >= 4 is 35.6 Å². The Morgan fingerprint density at radius 2 is 1.21 bits per heavy atom. The number of benzene rings is 4. The zero-order valence-corrected chi connectivity index (χ0v) is 23.9. The van der Waals surface area contributed by atoms with E-state index in [-0.39, 0.29) is 34.0 Å². The van der Waals surface area contributed by atoms with Gasteiger partial charge in [-0.05, 0) is 96.8 Å². The van der Waals surface area contributed by atoms with Crippen molar-refractivity contribution in [3.05, 3.63) is 112 Å². The molecule has 220 valence electrons. The van der Waals surface area contributed by atoms with Gasteiger partial charge in [0.2, 0.25) is 0 Å². The zero-order valence-electron chi connectivity index (χ0n) is 23.9. The molecule has 0 saturated carbocycles. The monoisotopic (exact) mass is 582 g/mol. The largest absolute Gasteiger partial charge is 0.506 e. The number of amides is 2. The Morgan fingerprint density at radius 1 is 0.721 bits per heavy atom. The van der Waals surface area contributed by atoms with Crippen LogP contribution < -0.4 is 15.4 Å². The molecule has 0 unspecified atom stereocenters. The SMILES string of the molecule is Cc1cc(C(=O)Nc2cc(C(C)(C)c3ccc(O)c(NC(=O)c4ccc(C(=O)O)c(C)c4)c3)ccc2O)ccc1OC=O. The van der Waals surface area contributed by atoms with Crippen LogP contribution in [0.3, 0.4) is 0 Å². The number of hydrogen-bond acceptors (Lipinski definition) is 7. The van der Waals surface area contributed by atoms with E-state index < -0.39 is 23.2 Å². The summed E-state index contributed by atoms with van der Waals surface area (Å²) in [6, 6.07) is 18.4. The second-order valence-electron chi connectivity index (χ2n) is 10.5. The third kappa shape index (κ3) is 6.48. The molecule has 0 fully saturated rings. The minimum absolute atomic E-state index is 0.0878. The van der Waals surface area contributed by atoms with Crippen LogP contribution in [0.5, 0.6) is 17.2 Å². The minimum atomic E-state index is -1.09. The van der Waals surface area contributed by atoms with Crippen LogP contribution in [0.15, 0.2) is 72.8 Å². The van der Waals surface area contributed by atoms with Gasteiger partial charge in [0.25, 0.3) is 18.3 Å². The van der Waals surface area contributed by atoms with Crippen molar-refractivity contribution in [2.75, 3.05) is 10.6 Å². The molecular weight excluding hydrogens is 552 g/mol. The van der Waals surface area contributed by atoms with E-state index in [4.69, 9.17) is 4.74 Å². The molecule has 43 heavy (non-hydrogen) atoms. The lowest BCUT2D eigenvalue weighted by atomic mass is 9.77. The number of ether oxygens (including phenoxy) is 1. The van der Waals surface area contributed by atoms with Gasteiger partial charge in [-0.2, -0.15) is 0 Å². The fourth-order valence-electron chi connectivity index (χ4n) is 4.63. The molecule has 10 nitrogen and oxygen atoms in total. The number of hydrogen-bond donors (Lipinski definition) is 5. The van der Waals surface area contributed by atoms with Gasteiger partial charge < -0.3 is 30.7 Å². The van der Waals surface area contributed by atoms with E-state index in [1.807, 2.05) is 13.8 Å². The maximum Gasteiger partial charge on any atom is 0.335 e. The number of nitrogens with one attached hydrogen (secondary N) is 2. The van der Waals surface area contributed by atoms with Crippen LogP contribution in [-0.2, 0) is 10.2 Å². The molecular formula is C33H30N2O8. The van der Waals surface area contributed by atoms with Crippen molar-refractivity contribution in [2.24, 2.45) is 0 Å². The molecule has 0 radical (unpaired) electrons. The van der Waals surface area contributed by atoms with Gasteiger partial charge in [0, 0.05) is 16.5 Å². The summed E-state index contributed by atoms with van der Waals surface area (Å²) in [6.45, 7) is 7.41. The van der Waals surface area contributed by atoms with Crippen molar-refractivity contribution in [3.63, 3.8) is 0 Å². The number of carboxylic acid groups (broad SMARTS) is 1. The van der Waals surface area contributed by atoms with Gasteiger partial charge in [-0.1, -0.05) is 26.0 Å². The third-order valence-electron chi connectivity index (χ3n) is 7.26. The number of phenols is 2. The summed E-state index contributed by atoms with van der Waals surface area (Å²) in [7, 11) is 0. The predicted octanol–water partition coefficient (Wildman–Crippen LogP) is 5.78. The number of anilines is 2. The predicted molar refractivity (Wildman–Crippen MR) is 160 cm³/mol. The summed E-state index contributed by atoms with van der Waals surface area (Å²) in [5.74, 6) is -2.08. The second-order valence-corrected chi connectivity index (χ2v) is 10.5. The maximum absolute atomic E-state index is 13.0. The fraction of sp³-hybridized carbons (Fsp3) is 0.152. The topological polar surface area (TPSA) is 162 Å². The molecule has 2 amide bonds. The number of phenolic OH excluding ortho intramolecular Hbond substituents is 2. The van der Waals surface area contributed by atoms with Crippen LogP contribution in [0.25, 0.3) is 0 Å². The quantitative estimate of drug-likeness (QED) is 0.123. The minimum Gasteiger partial charge on any atom is -0.506 e. The molecule has 0 bridgehead atoms. The Labute approximate surface area is 247 Å². The van der Waals surface area contributed by atoms with Gasteiger partial charge in [0.15, 0.2) is 0 Å². The van der Waals surface area contributed by atoms with Crippen LogP contribution in [0.4, 0.5) is 11.4 Å². The van der Waals surface area contributed by atoms with Crippen LogP contribution in [0.1, 0.15) is 67.2 Å². The highest BCUT2D eigenvalue weighted by Gasteiger charge is 2.26. The molecule has 0 aliphatic carbocycles. The van der Waals surface area contributed by atoms with Crippen molar-refractivity contribution in [1.82, 2.24) is 0 Å². The van der Waals surface area contributed by atoms with E-state index in [9.17, 15) is 34.5 Å². The summed E-state index contributed by atoms with van der Waals surface area (Å²) in [4.78, 5) is 47.9. The molecule has 4 rings (SSSR count). The standard InChI is InChI=1S/C33H30N2O8/c1-18-13-20(5-9-24(18)32(41)42)30(39)34-25-15-22(7-10-27(25)37)33(3,4)23-8-11-28(38)26(16-23)35-31(40)21-6-12-29(43-17-36)19(2)14-21/h5-17,37-38H,1-4H3,(H,34,39)(H,35,40)(H,41,42). The van der Waals surface area contributed by atoms with Crippen LogP contribution >= 0.6 is 0 Å². The van der Waals surface area contributed by atoms with E-state index in [1.54, 1.807) is 44.2 Å². The molecule has 4 aromatic rings. The third-order valence-corrected chi connectivity index (χ3v) is 7.26. The van der Waals surface area contributed by atoms with E-state index in [0.717, 1.165) is 5.56 Å². The first kappa shape index (κ1) is 30.3. The van der Waals surface area contributed by atoms with Crippen molar-refractivity contribution in [2.45, 2.75) is 33.1 Å². The van der Waals surface area contributed by atoms with E-state index in [0.29, 0.717) is 34.5 Å². The normalized spacial score (nSPS) is 11.0. The number of aromatic carboxylic acids is 1. The molecule has 0 saturated heterocycles. The molecule has 4 aromatic carbocycles. The molecule has 0 aromatic heterocycles. The molecule has 0 heterocycles. The Hall–Kier alpha value is -5.64. The van der Waals surface area contributed by atoms with Gasteiger partial charge in [-0.15, -0.1) is 0 Å². The van der Waals surface area contributed by atoms with Crippen LogP contribution in [-0.4, -0.2) is 39.6 Å². The molecule has 0 aliphatic rings. The Kier molecular flexibility index (Phi) is 8.51. The summed E-state index contributed by atoms with van der Waals surface area (Å²) < 4.78 is 4.87. The van der Waals surface area contributed by atoms with Crippen molar-refractivity contribution in [3.8, 4) is 17.2 Å².